The number of amides is 1. The second kappa shape index (κ2) is 6.09. The molecule has 24 heavy (non-hydrogen) atoms. The number of carbonyl (C=O) groups is 1. The first-order valence-corrected chi connectivity index (χ1v) is 8.07. The monoisotopic (exact) mass is 322 g/mol. The molecule has 122 valence electrons. The summed E-state index contributed by atoms with van der Waals surface area (Å²) >= 11 is 0. The van der Waals surface area contributed by atoms with Crippen molar-refractivity contribution in [1.82, 2.24) is 10.1 Å². The molecule has 5 nitrogen and oxygen atoms in total. The van der Waals surface area contributed by atoms with Gasteiger partial charge in [0.15, 0.2) is 5.76 Å². The lowest BCUT2D eigenvalue weighted by Gasteiger charge is -2.33. The Morgan fingerprint density at radius 3 is 2.83 bits per heavy atom. The van der Waals surface area contributed by atoms with Gasteiger partial charge in [-0.1, -0.05) is 35.5 Å². The Balaban J connectivity index is 1.74. The van der Waals surface area contributed by atoms with Crippen molar-refractivity contribution >= 4 is 16.8 Å². The molecule has 1 aromatic heterocycles. The molecule has 3 aromatic rings. The fourth-order valence-corrected chi connectivity index (χ4v) is 3.07. The largest absolute Gasteiger partial charge is 0.377 e. The number of fused-ring (bicyclic) bond motifs is 1. The molecule has 0 N–H and O–H groups in total. The number of nitrogens with zero attached hydrogens (tertiary/aromatic N) is 2. The van der Waals surface area contributed by atoms with Crippen molar-refractivity contribution in [3.8, 4) is 11.3 Å². The molecule has 0 radical (unpaired) electrons. The molecule has 5 heteroatoms. The molecule has 0 aliphatic carbocycles. The van der Waals surface area contributed by atoms with Crippen LogP contribution in [0.25, 0.3) is 22.2 Å². The zero-order valence-corrected chi connectivity index (χ0v) is 13.4. The van der Waals surface area contributed by atoms with Crippen molar-refractivity contribution in [3.63, 3.8) is 0 Å². The van der Waals surface area contributed by atoms with Gasteiger partial charge >= 0.3 is 0 Å². The Hall–Kier alpha value is -2.66. The van der Waals surface area contributed by atoms with Gasteiger partial charge in [0.25, 0.3) is 5.91 Å². The van der Waals surface area contributed by atoms with Crippen LogP contribution in [0, 0.1) is 0 Å². The molecule has 2 heterocycles. The molecule has 1 aliphatic rings. The van der Waals surface area contributed by atoms with Gasteiger partial charge in [-0.2, -0.15) is 0 Å². The zero-order chi connectivity index (χ0) is 16.5. The summed E-state index contributed by atoms with van der Waals surface area (Å²) in [6, 6.07) is 15.4. The molecule has 0 unspecified atom stereocenters. The van der Waals surface area contributed by atoms with E-state index < -0.39 is 0 Å². The van der Waals surface area contributed by atoms with E-state index in [0.29, 0.717) is 31.1 Å². The van der Waals surface area contributed by atoms with Crippen LogP contribution in [0.5, 0.6) is 0 Å². The average Bonchev–Trinajstić information content (AvgIpc) is 3.05. The lowest BCUT2D eigenvalue weighted by atomic mass is 10.1. The zero-order valence-electron chi connectivity index (χ0n) is 13.4. The van der Waals surface area contributed by atoms with Gasteiger partial charge in [0.2, 0.25) is 0 Å². The molecule has 1 amide bonds. The highest BCUT2D eigenvalue weighted by Gasteiger charge is 2.25. The van der Waals surface area contributed by atoms with Gasteiger partial charge < -0.3 is 14.2 Å². The Kier molecular flexibility index (Phi) is 3.78. The maximum Gasteiger partial charge on any atom is 0.254 e. The van der Waals surface area contributed by atoms with Crippen molar-refractivity contribution in [2.45, 2.75) is 13.0 Å². The fraction of sp³-hybridized carbons (Fsp3) is 0.263. The standard InChI is InChI=1S/C19H18N2O3/c1-13-12-23-10-9-21(13)19(22)15-7-8-17-16(11-15)18(24-20-17)14-5-3-2-4-6-14/h2-8,11,13H,9-10,12H2,1H3/t13-/m1/s1. The topological polar surface area (TPSA) is 55.6 Å². The van der Waals surface area contributed by atoms with E-state index in [9.17, 15) is 4.79 Å². The highest BCUT2D eigenvalue weighted by Crippen LogP contribution is 2.29. The second-order valence-corrected chi connectivity index (χ2v) is 6.03. The van der Waals surface area contributed by atoms with Crippen LogP contribution >= 0.6 is 0 Å². The van der Waals surface area contributed by atoms with Crippen molar-refractivity contribution in [3.05, 3.63) is 54.1 Å². The van der Waals surface area contributed by atoms with E-state index in [2.05, 4.69) is 5.16 Å². The van der Waals surface area contributed by atoms with Crippen LogP contribution in [-0.2, 0) is 4.74 Å². The third-order valence-electron chi connectivity index (χ3n) is 4.39. The molecule has 4 rings (SSSR count). The maximum atomic E-state index is 12.8. The fourth-order valence-electron chi connectivity index (χ4n) is 3.07. The van der Waals surface area contributed by atoms with Crippen molar-refractivity contribution < 1.29 is 14.1 Å². The van der Waals surface area contributed by atoms with E-state index in [0.717, 1.165) is 16.5 Å². The third kappa shape index (κ3) is 2.57. The number of rotatable bonds is 2. The minimum absolute atomic E-state index is 0.0212. The number of ether oxygens (including phenoxy) is 1. The number of hydrogen-bond donors (Lipinski definition) is 0. The highest BCUT2D eigenvalue weighted by atomic mass is 16.5. The first kappa shape index (κ1) is 14.9. The van der Waals surface area contributed by atoms with Crippen LogP contribution in [0.15, 0.2) is 53.1 Å². The molecule has 1 saturated heterocycles. The Morgan fingerprint density at radius 1 is 1.21 bits per heavy atom. The number of aromatic nitrogens is 1. The van der Waals surface area contributed by atoms with E-state index >= 15 is 0 Å². The highest BCUT2D eigenvalue weighted by molar-refractivity contribution is 6.01. The van der Waals surface area contributed by atoms with Crippen molar-refractivity contribution in [2.24, 2.45) is 0 Å². The summed E-state index contributed by atoms with van der Waals surface area (Å²) in [5.41, 5.74) is 2.35. The van der Waals surface area contributed by atoms with Gasteiger partial charge in [-0.05, 0) is 25.1 Å². The SMILES string of the molecule is C[C@@H]1COCCN1C(=O)c1ccc2noc(-c3ccccc3)c2c1. The van der Waals surface area contributed by atoms with Gasteiger partial charge in [0, 0.05) is 17.7 Å². The Labute approximate surface area is 139 Å². The minimum Gasteiger partial charge on any atom is -0.377 e. The molecule has 0 saturated carbocycles. The van der Waals surface area contributed by atoms with Crippen LogP contribution in [0.1, 0.15) is 17.3 Å². The minimum atomic E-state index is 0.0212. The first-order valence-electron chi connectivity index (χ1n) is 8.07. The van der Waals surface area contributed by atoms with Gasteiger partial charge in [-0.3, -0.25) is 4.79 Å². The van der Waals surface area contributed by atoms with E-state index in [1.807, 2.05) is 60.4 Å². The lowest BCUT2D eigenvalue weighted by Crippen LogP contribution is -2.47. The normalized spacial score (nSPS) is 18.0. The number of hydrogen-bond acceptors (Lipinski definition) is 4. The molecule has 1 aliphatic heterocycles. The molecular weight excluding hydrogens is 304 g/mol. The van der Waals surface area contributed by atoms with Crippen molar-refractivity contribution in [2.75, 3.05) is 19.8 Å². The number of morpholine rings is 1. The van der Waals surface area contributed by atoms with Gasteiger partial charge in [-0.15, -0.1) is 0 Å². The van der Waals surface area contributed by atoms with E-state index in [-0.39, 0.29) is 11.9 Å². The summed E-state index contributed by atoms with van der Waals surface area (Å²) in [5.74, 6) is 0.711. The molecule has 1 fully saturated rings. The summed E-state index contributed by atoms with van der Waals surface area (Å²) in [6.07, 6.45) is 0. The molecule has 0 bridgehead atoms. The predicted octanol–water partition coefficient (Wildman–Crippen LogP) is 3.36. The smallest absolute Gasteiger partial charge is 0.254 e. The van der Waals surface area contributed by atoms with Crippen LogP contribution in [-0.4, -0.2) is 41.8 Å². The van der Waals surface area contributed by atoms with Crippen molar-refractivity contribution in [1.29, 1.82) is 0 Å². The van der Waals surface area contributed by atoms with Gasteiger partial charge in [0.1, 0.15) is 5.52 Å². The number of carbonyl (C=O) groups excluding carboxylic acids is 1. The third-order valence-corrected chi connectivity index (χ3v) is 4.39. The molecular formula is C19H18N2O3. The quantitative estimate of drug-likeness (QED) is 0.726. The van der Waals surface area contributed by atoms with Crippen LogP contribution < -0.4 is 0 Å². The molecule has 2 aromatic carbocycles. The summed E-state index contributed by atoms with van der Waals surface area (Å²) in [6.45, 7) is 3.79. The maximum absolute atomic E-state index is 12.8. The lowest BCUT2D eigenvalue weighted by molar-refractivity contribution is 0.00360. The summed E-state index contributed by atoms with van der Waals surface area (Å²) in [4.78, 5) is 14.7. The Morgan fingerprint density at radius 2 is 2.04 bits per heavy atom. The summed E-state index contributed by atoms with van der Waals surface area (Å²) in [5, 5.41) is 4.96. The molecule has 1 atom stereocenters. The van der Waals surface area contributed by atoms with E-state index in [1.165, 1.54) is 0 Å². The molecule has 0 spiro atoms. The summed E-state index contributed by atoms with van der Waals surface area (Å²) < 4.78 is 10.9. The Bertz CT molecular complexity index is 873. The van der Waals surface area contributed by atoms with Gasteiger partial charge in [0.05, 0.1) is 24.6 Å². The second-order valence-electron chi connectivity index (χ2n) is 6.03. The van der Waals surface area contributed by atoms with E-state index in [4.69, 9.17) is 9.26 Å². The number of benzene rings is 2. The van der Waals surface area contributed by atoms with E-state index in [1.54, 1.807) is 0 Å². The van der Waals surface area contributed by atoms with Crippen LogP contribution in [0.2, 0.25) is 0 Å². The van der Waals surface area contributed by atoms with Crippen LogP contribution in [0.3, 0.4) is 0 Å². The summed E-state index contributed by atoms with van der Waals surface area (Å²) in [7, 11) is 0. The average molecular weight is 322 g/mol. The first-order chi connectivity index (χ1) is 11.7. The van der Waals surface area contributed by atoms with Gasteiger partial charge in [-0.25, -0.2) is 0 Å². The van der Waals surface area contributed by atoms with Crippen LogP contribution in [0.4, 0.5) is 0 Å². The predicted molar refractivity (Wildman–Crippen MR) is 90.8 cm³/mol.